The minimum absolute atomic E-state index is 0.248. The number of rotatable bonds is 18. The molecule has 302 valence electrons. The molecular formula is C45H58N8O4. The van der Waals surface area contributed by atoms with Crippen LogP contribution in [0.2, 0.25) is 0 Å². The van der Waals surface area contributed by atoms with Crippen LogP contribution in [0, 0.1) is 6.92 Å². The minimum Gasteiger partial charge on any atom is -0.496 e. The molecule has 0 saturated carbocycles. The summed E-state index contributed by atoms with van der Waals surface area (Å²) in [5, 5.41) is 19.1. The van der Waals surface area contributed by atoms with Crippen LogP contribution in [0.15, 0.2) is 66.9 Å². The molecule has 1 aliphatic heterocycles. The van der Waals surface area contributed by atoms with Gasteiger partial charge in [-0.05, 0) is 125 Å². The van der Waals surface area contributed by atoms with E-state index in [1.165, 1.54) is 5.56 Å². The molecule has 1 fully saturated rings. The van der Waals surface area contributed by atoms with Crippen LogP contribution in [0.1, 0.15) is 81.8 Å². The van der Waals surface area contributed by atoms with Crippen molar-refractivity contribution in [2.75, 3.05) is 52.8 Å². The van der Waals surface area contributed by atoms with Crippen molar-refractivity contribution in [3.8, 4) is 16.9 Å². The number of nitrogens with one attached hydrogen (secondary N) is 4. The van der Waals surface area contributed by atoms with Crippen molar-refractivity contribution in [3.05, 3.63) is 106 Å². The van der Waals surface area contributed by atoms with Crippen molar-refractivity contribution in [1.29, 1.82) is 0 Å². The summed E-state index contributed by atoms with van der Waals surface area (Å²) >= 11 is 0. The zero-order valence-electron chi connectivity index (χ0n) is 34.3. The lowest BCUT2D eigenvalue weighted by Gasteiger charge is -2.26. The highest BCUT2D eigenvalue weighted by Gasteiger charge is 2.23. The van der Waals surface area contributed by atoms with E-state index < -0.39 is 0 Å². The smallest absolute Gasteiger partial charge is 0.251 e. The van der Waals surface area contributed by atoms with E-state index >= 15 is 0 Å². The molecule has 0 atom stereocenters. The van der Waals surface area contributed by atoms with E-state index in [4.69, 9.17) is 14.5 Å². The molecule has 12 nitrogen and oxygen atoms in total. The third-order valence-electron chi connectivity index (χ3n) is 10.4. The van der Waals surface area contributed by atoms with Gasteiger partial charge in [-0.15, -0.1) is 0 Å². The number of carbonyl (C=O) groups excluding carboxylic acids is 2. The Morgan fingerprint density at radius 3 is 2.37 bits per heavy atom. The van der Waals surface area contributed by atoms with E-state index in [9.17, 15) is 9.59 Å². The lowest BCUT2D eigenvalue weighted by molar-refractivity contribution is 0.0904. The maximum Gasteiger partial charge on any atom is 0.251 e. The fraction of sp³-hybridized carbons (Fsp3) is 0.422. The molecule has 0 aliphatic carbocycles. The summed E-state index contributed by atoms with van der Waals surface area (Å²) < 4.78 is 13.3. The van der Waals surface area contributed by atoms with E-state index in [-0.39, 0.29) is 24.4 Å². The first-order chi connectivity index (χ1) is 27.7. The van der Waals surface area contributed by atoms with Crippen molar-refractivity contribution in [3.63, 3.8) is 0 Å². The Kier molecular flexibility index (Phi) is 14.3. The number of ether oxygens (including phenoxy) is 2. The molecule has 2 aromatic heterocycles. The summed E-state index contributed by atoms with van der Waals surface area (Å²) in [6.07, 6.45) is 5.45. The largest absolute Gasteiger partial charge is 0.496 e. The molecule has 0 unspecified atom stereocenters. The molecule has 57 heavy (non-hydrogen) atoms. The van der Waals surface area contributed by atoms with E-state index in [1.54, 1.807) is 19.2 Å². The number of fused-ring (bicyclic) bond motifs is 1. The molecule has 3 aromatic carbocycles. The molecule has 2 amide bonds. The van der Waals surface area contributed by atoms with Crippen molar-refractivity contribution in [2.45, 2.75) is 78.7 Å². The van der Waals surface area contributed by atoms with E-state index in [0.717, 1.165) is 94.9 Å². The first kappa shape index (κ1) is 41.3. The van der Waals surface area contributed by atoms with Crippen LogP contribution in [0.25, 0.3) is 22.2 Å². The average molecular weight is 775 g/mol. The first-order valence-corrected chi connectivity index (χ1v) is 20.2. The van der Waals surface area contributed by atoms with Crippen molar-refractivity contribution in [1.82, 2.24) is 35.6 Å². The Morgan fingerprint density at radius 2 is 1.67 bits per heavy atom. The summed E-state index contributed by atoms with van der Waals surface area (Å²) in [7, 11) is 5.85. The van der Waals surface area contributed by atoms with Gasteiger partial charge in [-0.2, -0.15) is 5.10 Å². The average Bonchev–Trinajstić information content (AvgIpc) is 3.65. The van der Waals surface area contributed by atoms with Crippen molar-refractivity contribution >= 4 is 28.5 Å². The molecule has 0 radical (unpaired) electrons. The third kappa shape index (κ3) is 10.6. The molecule has 1 saturated heterocycles. The molecule has 0 bridgehead atoms. The summed E-state index contributed by atoms with van der Waals surface area (Å²) in [6, 6.07) is 19.9. The Bertz CT molecular complexity index is 2160. The van der Waals surface area contributed by atoms with Crippen LogP contribution in [0.5, 0.6) is 5.75 Å². The van der Waals surface area contributed by atoms with Crippen LogP contribution in [0.4, 0.5) is 5.69 Å². The van der Waals surface area contributed by atoms with Gasteiger partial charge in [0, 0.05) is 73.4 Å². The van der Waals surface area contributed by atoms with Crippen molar-refractivity contribution < 1.29 is 19.1 Å². The number of aryl methyl sites for hydroxylation is 3. The fourth-order valence-corrected chi connectivity index (χ4v) is 7.39. The summed E-state index contributed by atoms with van der Waals surface area (Å²) in [5.41, 5.74) is 9.45. The van der Waals surface area contributed by atoms with Crippen LogP contribution in [-0.2, 0) is 37.3 Å². The molecule has 12 heteroatoms. The maximum absolute atomic E-state index is 13.8. The van der Waals surface area contributed by atoms with Crippen LogP contribution < -0.4 is 26.0 Å². The topological polar surface area (TPSA) is 135 Å². The minimum atomic E-state index is -0.262. The molecule has 0 spiro atoms. The number of hydrogen-bond donors (Lipinski definition) is 4. The molecule has 3 heterocycles. The molecule has 5 aromatic rings. The second-order valence-corrected chi connectivity index (χ2v) is 15.0. The fourth-order valence-electron chi connectivity index (χ4n) is 7.39. The summed E-state index contributed by atoms with van der Waals surface area (Å²) in [6.45, 7) is 11.5. The number of benzene rings is 3. The predicted molar refractivity (Wildman–Crippen MR) is 227 cm³/mol. The highest BCUT2D eigenvalue weighted by molar-refractivity contribution is 6.00. The standard InChI is InChI=1S/C45H58N8O4/c1-7-40-38(42(50-36-15-19-57-20-16-36)39-29-49-53(8-2)43(39)51-40)28-48-45(55)35-22-30(3)21-34(25-35)44(54)47-27-32-13-14-41(56-6)37(24-32)33-12-9-11-31(23-33)26-46-17-10-18-52(4)5/h9,11-14,21-25,29,36,46H,7-8,10,15-20,26-28H2,1-6H3,(H,47,54)(H,48,55)(H,50,51). The van der Waals surface area contributed by atoms with Gasteiger partial charge >= 0.3 is 0 Å². The predicted octanol–water partition coefficient (Wildman–Crippen LogP) is 6.49. The number of pyridine rings is 1. The van der Waals surface area contributed by atoms with Gasteiger partial charge in [0.1, 0.15) is 5.75 Å². The number of carbonyl (C=O) groups is 2. The van der Waals surface area contributed by atoms with Crippen molar-refractivity contribution in [2.24, 2.45) is 0 Å². The number of hydrogen-bond acceptors (Lipinski definition) is 9. The van der Waals surface area contributed by atoms with Crippen LogP contribution >= 0.6 is 0 Å². The summed E-state index contributed by atoms with van der Waals surface area (Å²) in [5.74, 6) is 0.244. The number of anilines is 1. The van der Waals surface area contributed by atoms with E-state index in [0.29, 0.717) is 43.9 Å². The van der Waals surface area contributed by atoms with E-state index in [2.05, 4.69) is 89.5 Å². The maximum atomic E-state index is 13.8. The second-order valence-electron chi connectivity index (χ2n) is 15.0. The van der Waals surface area contributed by atoms with Gasteiger partial charge in [-0.3, -0.25) is 9.59 Å². The quantitative estimate of drug-likeness (QED) is 0.0738. The monoisotopic (exact) mass is 774 g/mol. The van der Waals surface area contributed by atoms with E-state index in [1.807, 2.05) is 36.0 Å². The van der Waals surface area contributed by atoms with Crippen LogP contribution in [0.3, 0.4) is 0 Å². The molecule has 4 N–H and O–H groups in total. The number of methoxy groups -OCH3 is 1. The second kappa shape index (κ2) is 19.7. The van der Waals surface area contributed by atoms with Gasteiger partial charge < -0.3 is 35.6 Å². The van der Waals surface area contributed by atoms with Gasteiger partial charge in [0.15, 0.2) is 5.65 Å². The number of aromatic nitrogens is 3. The van der Waals surface area contributed by atoms with Gasteiger partial charge in [0.2, 0.25) is 0 Å². The first-order valence-electron chi connectivity index (χ1n) is 20.2. The Labute approximate surface area is 336 Å². The number of amides is 2. The van der Waals surface area contributed by atoms with Gasteiger partial charge in [0.05, 0.1) is 24.4 Å². The Balaban J connectivity index is 1.14. The Hall–Kier alpha value is -5.30. The normalized spacial score (nSPS) is 13.2. The van der Waals surface area contributed by atoms with Crippen LogP contribution in [-0.4, -0.2) is 85.0 Å². The lowest BCUT2D eigenvalue weighted by atomic mass is 9.99. The molecule has 1 aliphatic rings. The van der Waals surface area contributed by atoms with Gasteiger partial charge in [0.25, 0.3) is 11.8 Å². The highest BCUT2D eigenvalue weighted by atomic mass is 16.5. The zero-order valence-corrected chi connectivity index (χ0v) is 34.3. The molecular weight excluding hydrogens is 717 g/mol. The third-order valence-corrected chi connectivity index (χ3v) is 10.4. The molecule has 6 rings (SSSR count). The highest BCUT2D eigenvalue weighted by Crippen LogP contribution is 2.33. The zero-order chi connectivity index (χ0) is 40.3. The summed E-state index contributed by atoms with van der Waals surface area (Å²) in [4.78, 5) is 34.6. The lowest BCUT2D eigenvalue weighted by Crippen LogP contribution is -2.30. The number of nitrogens with zero attached hydrogens (tertiary/aromatic N) is 4. The Morgan fingerprint density at radius 1 is 0.930 bits per heavy atom. The SMILES string of the molecule is CCc1nc2c(cnn2CC)c(NC2CCOCC2)c1CNC(=O)c1cc(C)cc(C(=O)NCc2ccc(OC)c(-c3cccc(CNCCCN(C)C)c3)c2)c1. The van der Waals surface area contributed by atoms with Gasteiger partial charge in [-0.25, -0.2) is 9.67 Å². The van der Waals surface area contributed by atoms with Gasteiger partial charge in [-0.1, -0.05) is 31.2 Å².